The molecule has 2 unspecified atom stereocenters. The molecular weight excluding hydrogens is 202 g/mol. The van der Waals surface area contributed by atoms with Crippen LogP contribution in [0, 0.1) is 5.92 Å². The molecule has 1 aliphatic heterocycles. The van der Waals surface area contributed by atoms with Gasteiger partial charge in [0, 0.05) is 32.7 Å². The summed E-state index contributed by atoms with van der Waals surface area (Å²) in [5.41, 5.74) is 0. The van der Waals surface area contributed by atoms with Crippen molar-refractivity contribution in [3.05, 3.63) is 0 Å². The summed E-state index contributed by atoms with van der Waals surface area (Å²) in [5.74, 6) is 0.591. The van der Waals surface area contributed by atoms with Crippen molar-refractivity contribution in [1.82, 2.24) is 15.1 Å². The maximum Gasteiger partial charge on any atom is 0.319 e. The van der Waals surface area contributed by atoms with E-state index in [4.69, 9.17) is 0 Å². The number of urea groups is 1. The number of hydrogen-bond acceptors (Lipinski definition) is 2. The highest BCUT2D eigenvalue weighted by Gasteiger charge is 2.30. The second-order valence-electron chi connectivity index (χ2n) is 4.59. The van der Waals surface area contributed by atoms with Crippen LogP contribution in [0.2, 0.25) is 0 Å². The summed E-state index contributed by atoms with van der Waals surface area (Å²) in [6.07, 6.45) is 2.20. The molecule has 2 atom stereocenters. The zero-order valence-corrected chi connectivity index (χ0v) is 11.0. The number of likely N-dealkylation sites (tertiary alicyclic amines) is 1. The molecule has 16 heavy (non-hydrogen) atoms. The summed E-state index contributed by atoms with van der Waals surface area (Å²) in [6, 6.07) is 0.747. The smallest absolute Gasteiger partial charge is 0.319 e. The first kappa shape index (κ1) is 13.3. The fraction of sp³-hybridized carbons (Fsp3) is 0.917. The first-order valence-electron chi connectivity index (χ1n) is 6.31. The van der Waals surface area contributed by atoms with E-state index in [2.05, 4.69) is 12.2 Å². The third kappa shape index (κ3) is 2.88. The van der Waals surface area contributed by atoms with Gasteiger partial charge in [0.1, 0.15) is 0 Å². The Labute approximate surface area is 99.0 Å². The predicted molar refractivity (Wildman–Crippen MR) is 66.5 cm³/mol. The lowest BCUT2D eigenvalue weighted by Crippen LogP contribution is -2.52. The molecule has 1 fully saturated rings. The Bertz CT molecular complexity index is 232. The van der Waals surface area contributed by atoms with E-state index in [-0.39, 0.29) is 6.03 Å². The van der Waals surface area contributed by atoms with E-state index in [0.29, 0.717) is 12.0 Å². The van der Waals surface area contributed by atoms with Crippen LogP contribution in [0.1, 0.15) is 26.7 Å². The molecule has 4 nitrogen and oxygen atoms in total. The number of rotatable bonds is 3. The summed E-state index contributed by atoms with van der Waals surface area (Å²) in [7, 11) is 3.89. The molecule has 0 aromatic rings. The van der Waals surface area contributed by atoms with Crippen LogP contribution in [0.3, 0.4) is 0 Å². The summed E-state index contributed by atoms with van der Waals surface area (Å²) in [4.78, 5) is 15.8. The van der Waals surface area contributed by atoms with Crippen LogP contribution in [-0.4, -0.2) is 55.6 Å². The zero-order valence-electron chi connectivity index (χ0n) is 11.0. The number of hydrogen-bond donors (Lipinski definition) is 1. The number of carbonyl (C=O) groups is 1. The third-order valence-electron chi connectivity index (χ3n) is 3.70. The monoisotopic (exact) mass is 227 g/mol. The average Bonchev–Trinajstić information content (AvgIpc) is 2.35. The Kier molecular flexibility index (Phi) is 5.06. The lowest BCUT2D eigenvalue weighted by atomic mass is 9.90. The van der Waals surface area contributed by atoms with Gasteiger partial charge in [-0.05, 0) is 26.3 Å². The minimum atomic E-state index is 0.176. The van der Waals surface area contributed by atoms with E-state index in [1.807, 2.05) is 25.9 Å². The summed E-state index contributed by atoms with van der Waals surface area (Å²) in [5, 5.41) is 3.36. The van der Waals surface area contributed by atoms with E-state index in [1.165, 1.54) is 0 Å². The van der Waals surface area contributed by atoms with Gasteiger partial charge < -0.3 is 15.1 Å². The normalized spacial score (nSPS) is 25.6. The second kappa shape index (κ2) is 6.09. The van der Waals surface area contributed by atoms with Crippen molar-refractivity contribution in [2.45, 2.75) is 32.7 Å². The van der Waals surface area contributed by atoms with E-state index < -0.39 is 0 Å². The minimum Gasteiger partial charge on any atom is -0.328 e. The highest BCUT2D eigenvalue weighted by atomic mass is 16.2. The van der Waals surface area contributed by atoms with E-state index >= 15 is 0 Å². The summed E-state index contributed by atoms with van der Waals surface area (Å²) < 4.78 is 0. The molecule has 0 aromatic heterocycles. The Morgan fingerprint density at radius 2 is 2.19 bits per heavy atom. The molecule has 4 heteroatoms. The van der Waals surface area contributed by atoms with Gasteiger partial charge in [0.05, 0.1) is 0 Å². The zero-order chi connectivity index (χ0) is 12.1. The molecule has 0 radical (unpaired) electrons. The van der Waals surface area contributed by atoms with Gasteiger partial charge in [0.2, 0.25) is 0 Å². The average molecular weight is 227 g/mol. The number of carbonyl (C=O) groups excluding carboxylic acids is 1. The fourth-order valence-corrected chi connectivity index (χ4v) is 2.38. The molecule has 0 aliphatic carbocycles. The van der Waals surface area contributed by atoms with Crippen LogP contribution in [0.25, 0.3) is 0 Å². The van der Waals surface area contributed by atoms with Gasteiger partial charge in [-0.15, -0.1) is 0 Å². The minimum absolute atomic E-state index is 0.176. The van der Waals surface area contributed by atoms with Crippen molar-refractivity contribution >= 4 is 6.03 Å². The topological polar surface area (TPSA) is 35.6 Å². The van der Waals surface area contributed by atoms with Gasteiger partial charge in [-0.2, -0.15) is 0 Å². The Balaban J connectivity index is 2.56. The van der Waals surface area contributed by atoms with Gasteiger partial charge in [-0.1, -0.05) is 13.3 Å². The van der Waals surface area contributed by atoms with Gasteiger partial charge in [0.15, 0.2) is 0 Å². The Morgan fingerprint density at radius 1 is 1.50 bits per heavy atom. The van der Waals surface area contributed by atoms with Crippen LogP contribution in [0.4, 0.5) is 4.79 Å². The van der Waals surface area contributed by atoms with E-state index in [9.17, 15) is 4.79 Å². The first-order valence-corrected chi connectivity index (χ1v) is 6.31. The molecule has 1 aliphatic rings. The summed E-state index contributed by atoms with van der Waals surface area (Å²) >= 11 is 0. The molecule has 1 rings (SSSR count). The number of piperidine rings is 1. The molecule has 0 aromatic carbocycles. The van der Waals surface area contributed by atoms with Crippen molar-refractivity contribution in [2.24, 2.45) is 5.92 Å². The van der Waals surface area contributed by atoms with Crippen LogP contribution in [-0.2, 0) is 0 Å². The summed E-state index contributed by atoms with van der Waals surface area (Å²) in [6.45, 7) is 6.76. The quantitative estimate of drug-likeness (QED) is 0.790. The maximum absolute atomic E-state index is 12.0. The molecule has 1 N–H and O–H groups in total. The Hall–Kier alpha value is -0.770. The fourth-order valence-electron chi connectivity index (χ4n) is 2.38. The molecule has 94 valence electrons. The molecule has 2 amide bonds. The van der Waals surface area contributed by atoms with Crippen LogP contribution in [0.15, 0.2) is 0 Å². The van der Waals surface area contributed by atoms with E-state index in [1.54, 1.807) is 4.90 Å². The largest absolute Gasteiger partial charge is 0.328 e. The van der Waals surface area contributed by atoms with Crippen molar-refractivity contribution in [1.29, 1.82) is 0 Å². The molecule has 0 saturated carbocycles. The lowest BCUT2D eigenvalue weighted by molar-refractivity contribution is 0.122. The third-order valence-corrected chi connectivity index (χ3v) is 3.70. The molecule has 0 spiro atoms. The van der Waals surface area contributed by atoms with Crippen molar-refractivity contribution < 1.29 is 4.79 Å². The number of nitrogens with zero attached hydrogens (tertiary/aromatic N) is 2. The van der Waals surface area contributed by atoms with Crippen LogP contribution < -0.4 is 5.32 Å². The SMILES string of the molecule is CCC1CN(C(=O)N(C)CC)CCC1NC. The van der Waals surface area contributed by atoms with Crippen LogP contribution in [0.5, 0.6) is 0 Å². The predicted octanol–water partition coefficient (Wildman–Crippen LogP) is 1.38. The van der Waals surface area contributed by atoms with Crippen molar-refractivity contribution in [2.75, 3.05) is 33.7 Å². The van der Waals surface area contributed by atoms with Gasteiger partial charge in [-0.25, -0.2) is 4.79 Å². The number of nitrogens with one attached hydrogen (secondary N) is 1. The number of amides is 2. The highest BCUT2D eigenvalue weighted by Crippen LogP contribution is 2.20. The lowest BCUT2D eigenvalue weighted by Gasteiger charge is -2.39. The molecule has 1 saturated heterocycles. The molecule has 0 bridgehead atoms. The van der Waals surface area contributed by atoms with Gasteiger partial charge in [-0.3, -0.25) is 0 Å². The Morgan fingerprint density at radius 3 is 2.69 bits per heavy atom. The molecule has 1 heterocycles. The van der Waals surface area contributed by atoms with Gasteiger partial charge in [0.25, 0.3) is 0 Å². The van der Waals surface area contributed by atoms with E-state index in [0.717, 1.165) is 32.5 Å². The standard InChI is InChI=1S/C12H25N3O/c1-5-10-9-15(8-7-11(10)13-3)12(16)14(4)6-2/h10-11,13H,5-9H2,1-4H3. The second-order valence-corrected chi connectivity index (χ2v) is 4.59. The van der Waals surface area contributed by atoms with Crippen molar-refractivity contribution in [3.63, 3.8) is 0 Å². The maximum atomic E-state index is 12.0. The van der Waals surface area contributed by atoms with Crippen LogP contribution >= 0.6 is 0 Å². The first-order chi connectivity index (χ1) is 7.63. The highest BCUT2D eigenvalue weighted by molar-refractivity contribution is 5.74. The van der Waals surface area contributed by atoms with Gasteiger partial charge >= 0.3 is 6.03 Å². The van der Waals surface area contributed by atoms with Crippen molar-refractivity contribution in [3.8, 4) is 0 Å². The molecular formula is C12H25N3O.